The summed E-state index contributed by atoms with van der Waals surface area (Å²) >= 11 is 0. The smallest absolute Gasteiger partial charge is 0.327 e. The van der Waals surface area contributed by atoms with E-state index in [0.29, 0.717) is 5.92 Å². The molecular weight excluding hydrogens is 196 g/mol. The minimum atomic E-state index is -1.01. The van der Waals surface area contributed by atoms with Gasteiger partial charge in [-0.1, -0.05) is 13.8 Å². The Balaban J connectivity index is 3.77. The van der Waals surface area contributed by atoms with Crippen LogP contribution in [0.25, 0.3) is 0 Å². The summed E-state index contributed by atoms with van der Waals surface area (Å²) in [4.78, 5) is 21.4. The molecule has 0 spiro atoms. The van der Waals surface area contributed by atoms with E-state index < -0.39 is 12.0 Å². The van der Waals surface area contributed by atoms with Crippen LogP contribution in [0.3, 0.4) is 0 Å². The number of carbonyl (C=O) groups is 2. The second kappa shape index (κ2) is 7.23. The monoisotopic (exact) mass is 216 g/mol. The molecule has 3 N–H and O–H groups in total. The van der Waals surface area contributed by atoms with Crippen molar-refractivity contribution in [2.75, 3.05) is 13.1 Å². The lowest BCUT2D eigenvalue weighted by Crippen LogP contribution is -2.46. The molecule has 0 aliphatic carbocycles. The molecule has 0 saturated heterocycles. The van der Waals surface area contributed by atoms with Crippen LogP contribution in [0.15, 0.2) is 0 Å². The highest BCUT2D eigenvalue weighted by atomic mass is 16.4. The second-order valence-electron chi connectivity index (χ2n) is 3.98. The molecule has 0 aromatic rings. The van der Waals surface area contributed by atoms with Gasteiger partial charge in [-0.25, -0.2) is 4.79 Å². The van der Waals surface area contributed by atoms with Crippen molar-refractivity contribution >= 4 is 11.9 Å². The third kappa shape index (κ3) is 7.93. The number of rotatable bonds is 7. The highest BCUT2D eigenvalue weighted by molar-refractivity contribution is 5.82. The Morgan fingerprint density at radius 1 is 1.33 bits per heavy atom. The first-order valence-corrected chi connectivity index (χ1v) is 5.14. The summed E-state index contributed by atoms with van der Waals surface area (Å²) in [7, 11) is 0. The molecule has 1 unspecified atom stereocenters. The van der Waals surface area contributed by atoms with Crippen molar-refractivity contribution in [3.63, 3.8) is 0 Å². The Labute approximate surface area is 90.2 Å². The van der Waals surface area contributed by atoms with Crippen LogP contribution in [0, 0.1) is 5.92 Å². The van der Waals surface area contributed by atoms with Gasteiger partial charge in [0.15, 0.2) is 0 Å². The van der Waals surface area contributed by atoms with Crippen molar-refractivity contribution in [3.05, 3.63) is 0 Å². The highest BCUT2D eigenvalue weighted by Crippen LogP contribution is 1.96. The van der Waals surface area contributed by atoms with Crippen molar-refractivity contribution in [2.24, 2.45) is 5.92 Å². The number of hydrogen-bond acceptors (Lipinski definition) is 3. The standard InChI is InChI=1S/C10H20N2O3/c1-7(2)4-5-11-6-9(10(14)15)12-8(3)13/h7,9,11H,4-6H2,1-3H3,(H,12,13)(H,14,15). The molecule has 5 nitrogen and oxygen atoms in total. The van der Waals surface area contributed by atoms with Gasteiger partial charge < -0.3 is 15.7 Å². The number of carboxylic acids is 1. The number of nitrogens with one attached hydrogen (secondary N) is 2. The van der Waals surface area contributed by atoms with Crippen LogP contribution in [0.5, 0.6) is 0 Å². The van der Waals surface area contributed by atoms with E-state index in [2.05, 4.69) is 24.5 Å². The summed E-state index contributed by atoms with van der Waals surface area (Å²) in [6, 6.07) is -0.838. The van der Waals surface area contributed by atoms with Crippen LogP contribution < -0.4 is 10.6 Å². The summed E-state index contributed by atoms with van der Waals surface area (Å²) in [6.07, 6.45) is 0.992. The van der Waals surface area contributed by atoms with Gasteiger partial charge in [0.2, 0.25) is 5.91 Å². The molecular formula is C10H20N2O3. The van der Waals surface area contributed by atoms with Crippen molar-refractivity contribution < 1.29 is 14.7 Å². The van der Waals surface area contributed by atoms with Gasteiger partial charge in [-0.3, -0.25) is 4.79 Å². The van der Waals surface area contributed by atoms with Crippen LogP contribution >= 0.6 is 0 Å². The SMILES string of the molecule is CC(=O)NC(CNCCC(C)C)C(=O)O. The van der Waals surface area contributed by atoms with Crippen LogP contribution in [-0.2, 0) is 9.59 Å². The number of hydrogen-bond donors (Lipinski definition) is 3. The fraction of sp³-hybridized carbons (Fsp3) is 0.800. The normalized spacial score (nSPS) is 12.5. The van der Waals surface area contributed by atoms with Gasteiger partial charge >= 0.3 is 5.97 Å². The fourth-order valence-corrected chi connectivity index (χ4v) is 1.08. The van der Waals surface area contributed by atoms with E-state index in [1.165, 1.54) is 6.92 Å². The topological polar surface area (TPSA) is 78.4 Å². The molecule has 0 aliphatic heterocycles. The van der Waals surface area contributed by atoms with E-state index in [4.69, 9.17) is 5.11 Å². The van der Waals surface area contributed by atoms with E-state index in [-0.39, 0.29) is 12.5 Å². The molecule has 0 saturated carbocycles. The lowest BCUT2D eigenvalue weighted by Gasteiger charge is -2.14. The molecule has 0 rings (SSSR count). The average molecular weight is 216 g/mol. The quantitative estimate of drug-likeness (QED) is 0.532. The molecule has 0 aliphatic rings. The number of carboxylic acid groups (broad SMARTS) is 1. The lowest BCUT2D eigenvalue weighted by molar-refractivity contribution is -0.141. The fourth-order valence-electron chi connectivity index (χ4n) is 1.08. The van der Waals surface area contributed by atoms with Gasteiger partial charge in [0, 0.05) is 13.5 Å². The Kier molecular flexibility index (Phi) is 6.70. The molecule has 0 fully saturated rings. The molecule has 0 aromatic heterocycles. The molecule has 0 bridgehead atoms. The van der Waals surface area contributed by atoms with Crippen molar-refractivity contribution in [1.82, 2.24) is 10.6 Å². The average Bonchev–Trinajstić information content (AvgIpc) is 2.08. The van der Waals surface area contributed by atoms with Gasteiger partial charge in [0.1, 0.15) is 6.04 Å². The van der Waals surface area contributed by atoms with Crippen LogP contribution in [0.1, 0.15) is 27.2 Å². The summed E-state index contributed by atoms with van der Waals surface area (Å²) in [5.74, 6) is -0.753. The van der Waals surface area contributed by atoms with E-state index in [1.807, 2.05) is 0 Å². The van der Waals surface area contributed by atoms with E-state index in [0.717, 1.165) is 13.0 Å². The van der Waals surface area contributed by atoms with Gasteiger partial charge in [-0.05, 0) is 18.9 Å². The van der Waals surface area contributed by atoms with E-state index >= 15 is 0 Å². The Morgan fingerprint density at radius 3 is 2.33 bits per heavy atom. The summed E-state index contributed by atoms with van der Waals surface area (Å²) in [5.41, 5.74) is 0. The molecule has 1 amide bonds. The molecule has 5 heteroatoms. The molecule has 0 aromatic carbocycles. The van der Waals surface area contributed by atoms with Crippen LogP contribution in [0.4, 0.5) is 0 Å². The minimum Gasteiger partial charge on any atom is -0.480 e. The highest BCUT2D eigenvalue weighted by Gasteiger charge is 2.17. The third-order valence-corrected chi connectivity index (χ3v) is 1.92. The zero-order valence-corrected chi connectivity index (χ0v) is 9.54. The van der Waals surface area contributed by atoms with E-state index in [1.54, 1.807) is 0 Å². The zero-order chi connectivity index (χ0) is 11.8. The molecule has 15 heavy (non-hydrogen) atoms. The van der Waals surface area contributed by atoms with Crippen molar-refractivity contribution in [3.8, 4) is 0 Å². The summed E-state index contributed by atoms with van der Waals surface area (Å²) < 4.78 is 0. The van der Waals surface area contributed by atoms with E-state index in [9.17, 15) is 9.59 Å². The maximum atomic E-state index is 10.7. The molecule has 1 atom stereocenters. The molecule has 0 heterocycles. The maximum absolute atomic E-state index is 10.7. The molecule has 0 radical (unpaired) electrons. The third-order valence-electron chi connectivity index (χ3n) is 1.92. The minimum absolute atomic E-state index is 0.266. The number of amides is 1. The zero-order valence-electron chi connectivity index (χ0n) is 9.54. The van der Waals surface area contributed by atoms with Crippen LogP contribution in [0.2, 0.25) is 0 Å². The van der Waals surface area contributed by atoms with Crippen molar-refractivity contribution in [1.29, 1.82) is 0 Å². The van der Waals surface area contributed by atoms with Gasteiger partial charge in [-0.15, -0.1) is 0 Å². The Hall–Kier alpha value is -1.10. The number of aliphatic carboxylic acids is 1. The van der Waals surface area contributed by atoms with Gasteiger partial charge in [0.25, 0.3) is 0 Å². The van der Waals surface area contributed by atoms with Crippen LogP contribution in [-0.4, -0.2) is 36.1 Å². The first-order chi connectivity index (χ1) is 6.93. The second-order valence-corrected chi connectivity index (χ2v) is 3.98. The summed E-state index contributed by atoms with van der Waals surface area (Å²) in [6.45, 7) is 6.54. The predicted molar refractivity (Wildman–Crippen MR) is 57.6 cm³/mol. The lowest BCUT2D eigenvalue weighted by atomic mass is 10.1. The first kappa shape index (κ1) is 13.9. The van der Waals surface area contributed by atoms with Crippen molar-refractivity contribution in [2.45, 2.75) is 33.2 Å². The number of carbonyl (C=O) groups excluding carboxylic acids is 1. The maximum Gasteiger partial charge on any atom is 0.327 e. The first-order valence-electron chi connectivity index (χ1n) is 5.14. The Morgan fingerprint density at radius 2 is 1.93 bits per heavy atom. The van der Waals surface area contributed by atoms with Gasteiger partial charge in [0.05, 0.1) is 0 Å². The Bertz CT molecular complexity index is 217. The van der Waals surface area contributed by atoms with Gasteiger partial charge in [-0.2, -0.15) is 0 Å². The molecule has 88 valence electrons. The largest absolute Gasteiger partial charge is 0.480 e. The predicted octanol–water partition coefficient (Wildman–Crippen LogP) is 0.211. The summed E-state index contributed by atoms with van der Waals surface area (Å²) in [5, 5.41) is 14.2.